The maximum absolute atomic E-state index is 6.87. The van der Waals surface area contributed by atoms with Crippen molar-refractivity contribution in [2.45, 2.75) is 0 Å². The van der Waals surface area contributed by atoms with Crippen LogP contribution in [0.15, 0.2) is 171 Å². The molecule has 0 aliphatic carbocycles. The van der Waals surface area contributed by atoms with Gasteiger partial charge in [0.1, 0.15) is 33.7 Å². The third-order valence-electron chi connectivity index (χ3n) is 10.1. The third kappa shape index (κ3) is 3.78. The van der Waals surface area contributed by atoms with Crippen LogP contribution in [0.5, 0.6) is 0 Å². The highest BCUT2D eigenvalue weighted by Gasteiger charge is 2.25. The van der Waals surface area contributed by atoms with Gasteiger partial charge in [-0.15, -0.1) is 0 Å². The molecule has 0 aliphatic heterocycles. The summed E-state index contributed by atoms with van der Waals surface area (Å²) in [4.78, 5) is 0. The molecule has 0 saturated carbocycles. The molecule has 228 valence electrons. The molecule has 3 heterocycles. The average Bonchev–Trinajstić information content (AvgIpc) is 3.84. The first-order chi connectivity index (χ1) is 24.3. The molecule has 0 fully saturated rings. The molecule has 49 heavy (non-hydrogen) atoms. The molecule has 0 atom stereocenters. The van der Waals surface area contributed by atoms with Gasteiger partial charge >= 0.3 is 0 Å². The molecule has 0 radical (unpaired) electrons. The van der Waals surface area contributed by atoms with Crippen LogP contribution in [0.3, 0.4) is 0 Å². The zero-order chi connectivity index (χ0) is 32.1. The highest BCUT2D eigenvalue weighted by atomic mass is 16.3. The van der Waals surface area contributed by atoms with Crippen LogP contribution in [-0.2, 0) is 0 Å². The summed E-state index contributed by atoms with van der Waals surface area (Å²) in [6.45, 7) is 0. The first kappa shape index (κ1) is 26.5. The van der Waals surface area contributed by atoms with Gasteiger partial charge in [0.15, 0.2) is 0 Å². The Kier molecular flexibility index (Phi) is 5.38. The summed E-state index contributed by atoms with van der Waals surface area (Å²) in [5.74, 6) is 0.849. The minimum atomic E-state index is 0.801. The van der Waals surface area contributed by atoms with E-state index in [1.54, 1.807) is 0 Å². The van der Waals surface area contributed by atoms with Crippen LogP contribution in [0.2, 0.25) is 0 Å². The van der Waals surface area contributed by atoms with Crippen LogP contribution in [0.25, 0.3) is 110 Å². The minimum Gasteiger partial charge on any atom is -0.456 e. The van der Waals surface area contributed by atoms with E-state index in [1.165, 1.54) is 27.1 Å². The highest BCUT2D eigenvalue weighted by Crippen LogP contribution is 2.50. The maximum Gasteiger partial charge on any atom is 0.143 e. The Balaban J connectivity index is 1.29. The lowest BCUT2D eigenvalue weighted by Gasteiger charge is -2.18. The molecule has 8 aromatic carbocycles. The van der Waals surface area contributed by atoms with Gasteiger partial charge in [-0.1, -0.05) is 121 Å². The minimum absolute atomic E-state index is 0.801. The summed E-state index contributed by atoms with van der Waals surface area (Å²) in [5.41, 5.74) is 9.94. The number of fused-ring (bicyclic) bond motifs is 9. The van der Waals surface area contributed by atoms with Gasteiger partial charge in [0.25, 0.3) is 0 Å². The normalized spacial score (nSPS) is 12.1. The van der Waals surface area contributed by atoms with Gasteiger partial charge in [0.05, 0.1) is 0 Å². The first-order valence-electron chi connectivity index (χ1n) is 16.6. The van der Waals surface area contributed by atoms with E-state index >= 15 is 0 Å². The Morgan fingerprint density at radius 2 is 0.735 bits per heavy atom. The molecule has 0 bridgehead atoms. The van der Waals surface area contributed by atoms with E-state index < -0.39 is 0 Å². The van der Waals surface area contributed by atoms with Crippen LogP contribution in [0.1, 0.15) is 0 Å². The topological polar surface area (TPSA) is 39.4 Å². The summed E-state index contributed by atoms with van der Waals surface area (Å²) in [5, 5.41) is 10.2. The fourth-order valence-electron chi connectivity index (χ4n) is 7.95. The maximum atomic E-state index is 6.87. The monoisotopic (exact) mass is 626 g/mol. The molecule has 0 aliphatic rings. The molecule has 0 N–H and O–H groups in total. The van der Waals surface area contributed by atoms with Gasteiger partial charge in [-0.2, -0.15) is 0 Å². The number of hydrogen-bond donors (Lipinski definition) is 0. The second-order valence-corrected chi connectivity index (χ2v) is 12.8. The number of benzene rings is 8. The Morgan fingerprint density at radius 1 is 0.245 bits per heavy atom. The molecule has 0 amide bonds. The van der Waals surface area contributed by atoms with Crippen molar-refractivity contribution >= 4 is 76.4 Å². The molecule has 0 unspecified atom stereocenters. The molecule has 3 heteroatoms. The third-order valence-corrected chi connectivity index (χ3v) is 10.1. The fraction of sp³-hybridized carbons (Fsp3) is 0. The lowest BCUT2D eigenvalue weighted by atomic mass is 9.84. The number of para-hydroxylation sites is 2. The van der Waals surface area contributed by atoms with Crippen LogP contribution in [0, 0.1) is 0 Å². The fourth-order valence-corrected chi connectivity index (χ4v) is 7.95. The van der Waals surface area contributed by atoms with E-state index in [-0.39, 0.29) is 0 Å². The summed E-state index contributed by atoms with van der Waals surface area (Å²) in [6, 6.07) is 55.5. The van der Waals surface area contributed by atoms with Crippen LogP contribution in [0.4, 0.5) is 0 Å². The molecule has 11 aromatic rings. The van der Waals surface area contributed by atoms with Crippen LogP contribution >= 0.6 is 0 Å². The molecule has 3 aromatic heterocycles. The van der Waals surface area contributed by atoms with E-state index in [4.69, 9.17) is 13.3 Å². The Labute approximate surface area is 280 Å². The standard InChI is InChI=1S/C46H26O3/c1-2-12-27(13-3-1)46-45(37-25-36-30-15-9-11-21-39(30)48-41(36)26-42(37)49-46)44-33-18-6-4-16-31(33)43(32-17-5-7-19-34(32)44)28-22-23-40-35(24-28)29-14-8-10-20-38(29)47-40/h1-26H. The second kappa shape index (κ2) is 9.96. The van der Waals surface area contributed by atoms with Crippen molar-refractivity contribution in [3.8, 4) is 33.6 Å². The highest BCUT2D eigenvalue weighted by molar-refractivity contribution is 6.26. The van der Waals surface area contributed by atoms with Crippen molar-refractivity contribution in [3.05, 3.63) is 158 Å². The van der Waals surface area contributed by atoms with Gasteiger partial charge in [-0.3, -0.25) is 0 Å². The predicted molar refractivity (Wildman–Crippen MR) is 202 cm³/mol. The smallest absolute Gasteiger partial charge is 0.143 e. The van der Waals surface area contributed by atoms with Crippen LogP contribution < -0.4 is 0 Å². The quantitative estimate of drug-likeness (QED) is 0.183. The lowest BCUT2D eigenvalue weighted by Crippen LogP contribution is -1.91. The largest absolute Gasteiger partial charge is 0.456 e. The predicted octanol–water partition coefficient (Wildman–Crippen LogP) is 13.5. The Bertz CT molecular complexity index is 3040. The van der Waals surface area contributed by atoms with Crippen molar-refractivity contribution in [2.75, 3.05) is 0 Å². The van der Waals surface area contributed by atoms with Gasteiger partial charge in [-0.25, -0.2) is 0 Å². The Hall–Kier alpha value is -6.58. The van der Waals surface area contributed by atoms with E-state index in [2.05, 4.69) is 127 Å². The summed E-state index contributed by atoms with van der Waals surface area (Å²) < 4.78 is 19.4. The van der Waals surface area contributed by atoms with E-state index in [9.17, 15) is 0 Å². The molecule has 0 saturated heterocycles. The molecule has 3 nitrogen and oxygen atoms in total. The van der Waals surface area contributed by atoms with Gasteiger partial charge in [0, 0.05) is 49.7 Å². The van der Waals surface area contributed by atoms with E-state index in [1.807, 2.05) is 30.3 Å². The molecular formula is C46H26O3. The Morgan fingerprint density at radius 3 is 1.39 bits per heavy atom. The second-order valence-electron chi connectivity index (χ2n) is 12.8. The average molecular weight is 627 g/mol. The lowest BCUT2D eigenvalue weighted by molar-refractivity contribution is 0.629. The van der Waals surface area contributed by atoms with Crippen molar-refractivity contribution in [2.24, 2.45) is 0 Å². The van der Waals surface area contributed by atoms with Gasteiger partial charge in [0.2, 0.25) is 0 Å². The molecular weight excluding hydrogens is 601 g/mol. The van der Waals surface area contributed by atoms with E-state index in [0.717, 1.165) is 82.9 Å². The molecule has 11 rings (SSSR count). The van der Waals surface area contributed by atoms with Gasteiger partial charge < -0.3 is 13.3 Å². The van der Waals surface area contributed by atoms with Crippen LogP contribution in [-0.4, -0.2) is 0 Å². The number of furan rings is 3. The number of rotatable bonds is 3. The zero-order valence-electron chi connectivity index (χ0n) is 26.2. The first-order valence-corrected chi connectivity index (χ1v) is 16.6. The van der Waals surface area contributed by atoms with Crippen molar-refractivity contribution in [1.82, 2.24) is 0 Å². The summed E-state index contributed by atoms with van der Waals surface area (Å²) in [6.07, 6.45) is 0. The van der Waals surface area contributed by atoms with Crippen molar-refractivity contribution in [1.29, 1.82) is 0 Å². The van der Waals surface area contributed by atoms with Gasteiger partial charge in [-0.05, 0) is 63.0 Å². The molecule has 0 spiro atoms. The summed E-state index contributed by atoms with van der Waals surface area (Å²) >= 11 is 0. The van der Waals surface area contributed by atoms with Crippen molar-refractivity contribution < 1.29 is 13.3 Å². The zero-order valence-corrected chi connectivity index (χ0v) is 26.2. The summed E-state index contributed by atoms with van der Waals surface area (Å²) in [7, 11) is 0. The van der Waals surface area contributed by atoms with E-state index in [0.29, 0.717) is 0 Å². The number of hydrogen-bond acceptors (Lipinski definition) is 3. The SMILES string of the molecule is c1ccc(-c2oc3cc4oc5ccccc5c4cc3c2-c2c3ccccc3c(-c3ccc4oc5ccccc5c4c3)c3ccccc23)cc1. The van der Waals surface area contributed by atoms with Crippen molar-refractivity contribution in [3.63, 3.8) is 0 Å².